The number of ether oxygens (including phenoxy) is 2. The van der Waals surface area contributed by atoms with Gasteiger partial charge in [-0.3, -0.25) is 9.59 Å². The summed E-state index contributed by atoms with van der Waals surface area (Å²) < 4.78 is 11.0. The lowest BCUT2D eigenvalue weighted by Gasteiger charge is -2.15. The second-order valence-electron chi connectivity index (χ2n) is 6.42. The van der Waals surface area contributed by atoms with Crippen LogP contribution in [0.4, 0.5) is 0 Å². The van der Waals surface area contributed by atoms with E-state index in [9.17, 15) is 14.7 Å². The first-order chi connectivity index (χ1) is 13.4. The number of hydrogen-bond acceptors (Lipinski definition) is 5. The Balaban J connectivity index is 2.23. The number of ketones is 1. The van der Waals surface area contributed by atoms with Crippen LogP contribution in [0, 0.1) is 0 Å². The molecule has 0 bridgehead atoms. The summed E-state index contributed by atoms with van der Waals surface area (Å²) in [6.07, 6.45) is 1.42. The van der Waals surface area contributed by atoms with Crippen LogP contribution in [0.25, 0.3) is 0 Å². The molecular formula is C22H27NO5. The molecule has 0 spiro atoms. The molecule has 1 amide bonds. The van der Waals surface area contributed by atoms with Crippen molar-refractivity contribution in [1.82, 2.24) is 5.32 Å². The highest BCUT2D eigenvalue weighted by molar-refractivity contribution is 5.98. The van der Waals surface area contributed by atoms with Crippen LogP contribution in [0.5, 0.6) is 17.2 Å². The highest BCUT2D eigenvalue weighted by Gasteiger charge is 2.17. The number of phenols is 1. The highest BCUT2D eigenvalue weighted by Crippen LogP contribution is 2.32. The maximum absolute atomic E-state index is 12.9. The molecule has 2 N–H and O–H groups in total. The highest BCUT2D eigenvalue weighted by atomic mass is 16.5. The van der Waals surface area contributed by atoms with Crippen LogP contribution >= 0.6 is 0 Å². The van der Waals surface area contributed by atoms with Crippen molar-refractivity contribution in [2.45, 2.75) is 33.1 Å². The van der Waals surface area contributed by atoms with Gasteiger partial charge >= 0.3 is 0 Å². The van der Waals surface area contributed by atoms with Gasteiger partial charge in [-0.05, 0) is 55.2 Å². The number of rotatable bonds is 10. The van der Waals surface area contributed by atoms with Crippen molar-refractivity contribution in [2.75, 3.05) is 20.3 Å². The predicted octanol–water partition coefficient (Wildman–Crippen LogP) is 3.29. The Morgan fingerprint density at radius 3 is 2.39 bits per heavy atom. The van der Waals surface area contributed by atoms with Crippen molar-refractivity contribution < 1.29 is 24.2 Å². The van der Waals surface area contributed by atoms with Crippen LogP contribution in [0.15, 0.2) is 36.4 Å². The van der Waals surface area contributed by atoms with E-state index in [1.165, 1.54) is 6.92 Å². The number of carbonyl (C=O) groups excluding carboxylic acids is 2. The van der Waals surface area contributed by atoms with Crippen molar-refractivity contribution in [3.63, 3.8) is 0 Å². The third-order valence-electron chi connectivity index (χ3n) is 4.34. The van der Waals surface area contributed by atoms with Gasteiger partial charge in [0.25, 0.3) is 0 Å². The molecule has 28 heavy (non-hydrogen) atoms. The van der Waals surface area contributed by atoms with Crippen LogP contribution in [0.2, 0.25) is 0 Å². The molecule has 150 valence electrons. The SMILES string of the molecule is CCOc1cc(C(=O)CCc2ccc(O)cc2)c(CCNC(C)=O)cc1OC. The number of amides is 1. The molecule has 0 saturated heterocycles. The third kappa shape index (κ3) is 6.01. The van der Waals surface area contributed by atoms with Crippen LogP contribution in [0.3, 0.4) is 0 Å². The fourth-order valence-corrected chi connectivity index (χ4v) is 2.92. The van der Waals surface area contributed by atoms with Gasteiger partial charge in [0.05, 0.1) is 13.7 Å². The summed E-state index contributed by atoms with van der Waals surface area (Å²) in [5.41, 5.74) is 2.36. The summed E-state index contributed by atoms with van der Waals surface area (Å²) >= 11 is 0. The van der Waals surface area contributed by atoms with Gasteiger partial charge in [0.1, 0.15) is 5.75 Å². The number of Topliss-reactive ketones (excluding diaryl/α,β-unsaturated/α-hetero) is 1. The van der Waals surface area contributed by atoms with E-state index in [0.717, 1.165) is 11.1 Å². The minimum atomic E-state index is -0.113. The first-order valence-corrected chi connectivity index (χ1v) is 9.33. The van der Waals surface area contributed by atoms with Gasteiger partial charge in [-0.1, -0.05) is 12.1 Å². The maximum Gasteiger partial charge on any atom is 0.216 e. The van der Waals surface area contributed by atoms with Crippen molar-refractivity contribution in [3.05, 3.63) is 53.1 Å². The lowest BCUT2D eigenvalue weighted by atomic mass is 9.96. The topological polar surface area (TPSA) is 84.9 Å². The molecule has 0 saturated carbocycles. The van der Waals surface area contributed by atoms with E-state index >= 15 is 0 Å². The largest absolute Gasteiger partial charge is 0.508 e. The number of aryl methyl sites for hydroxylation is 1. The van der Waals surface area contributed by atoms with Crippen molar-refractivity contribution in [3.8, 4) is 17.2 Å². The number of nitrogens with one attached hydrogen (secondary N) is 1. The van der Waals surface area contributed by atoms with E-state index in [1.807, 2.05) is 6.92 Å². The van der Waals surface area contributed by atoms with E-state index in [1.54, 1.807) is 43.5 Å². The predicted molar refractivity (Wildman–Crippen MR) is 107 cm³/mol. The summed E-state index contributed by atoms with van der Waals surface area (Å²) in [6, 6.07) is 10.4. The van der Waals surface area contributed by atoms with Gasteiger partial charge in [-0.15, -0.1) is 0 Å². The first kappa shape index (κ1) is 21.3. The Kier molecular flexibility index (Phi) is 7.87. The molecule has 6 heteroatoms. The van der Waals surface area contributed by atoms with E-state index in [-0.39, 0.29) is 17.4 Å². The average Bonchev–Trinajstić information content (AvgIpc) is 2.67. The molecule has 0 heterocycles. The minimum Gasteiger partial charge on any atom is -0.508 e. The minimum absolute atomic E-state index is 0.00509. The van der Waals surface area contributed by atoms with E-state index in [4.69, 9.17) is 9.47 Å². The van der Waals surface area contributed by atoms with Crippen LogP contribution in [0.1, 0.15) is 41.8 Å². The number of benzene rings is 2. The maximum atomic E-state index is 12.9. The zero-order chi connectivity index (χ0) is 20.5. The summed E-state index contributed by atoms with van der Waals surface area (Å²) in [7, 11) is 1.56. The quantitative estimate of drug-likeness (QED) is 0.613. The van der Waals surface area contributed by atoms with Crippen LogP contribution < -0.4 is 14.8 Å². The lowest BCUT2D eigenvalue weighted by Crippen LogP contribution is -2.23. The third-order valence-corrected chi connectivity index (χ3v) is 4.34. The number of methoxy groups -OCH3 is 1. The van der Waals surface area contributed by atoms with Crippen LogP contribution in [-0.2, 0) is 17.6 Å². The Morgan fingerprint density at radius 2 is 1.79 bits per heavy atom. The van der Waals surface area contributed by atoms with Gasteiger partial charge in [0.2, 0.25) is 5.91 Å². The molecule has 0 aliphatic heterocycles. The molecule has 0 fully saturated rings. The first-order valence-electron chi connectivity index (χ1n) is 9.33. The lowest BCUT2D eigenvalue weighted by molar-refractivity contribution is -0.118. The fraction of sp³-hybridized carbons (Fsp3) is 0.364. The number of aromatic hydroxyl groups is 1. The summed E-state index contributed by atoms with van der Waals surface area (Å²) in [5, 5.41) is 12.1. The van der Waals surface area contributed by atoms with E-state index in [0.29, 0.717) is 49.5 Å². The van der Waals surface area contributed by atoms with Gasteiger partial charge in [0.15, 0.2) is 17.3 Å². The van der Waals surface area contributed by atoms with Crippen molar-refractivity contribution in [1.29, 1.82) is 0 Å². The molecule has 0 radical (unpaired) electrons. The number of phenolic OH excluding ortho intramolecular Hbond substituents is 1. The number of hydrogen-bond donors (Lipinski definition) is 2. The Hall–Kier alpha value is -3.02. The molecule has 0 unspecified atom stereocenters. The Bertz CT molecular complexity index is 814. The molecular weight excluding hydrogens is 358 g/mol. The Labute approximate surface area is 165 Å². The average molecular weight is 385 g/mol. The summed E-state index contributed by atoms with van der Waals surface area (Å²) in [5.74, 6) is 1.18. The zero-order valence-corrected chi connectivity index (χ0v) is 16.6. The summed E-state index contributed by atoms with van der Waals surface area (Å²) in [4.78, 5) is 24.1. The molecule has 0 atom stereocenters. The van der Waals surface area contributed by atoms with Crippen LogP contribution in [-0.4, -0.2) is 37.1 Å². The standard InChI is InChI=1S/C22H27NO5/c1-4-28-22-14-19(17(13-21(22)27-3)11-12-23-15(2)24)20(26)10-7-16-5-8-18(25)9-6-16/h5-6,8-9,13-14,25H,4,7,10-12H2,1-3H3,(H,23,24). The van der Waals surface area contributed by atoms with E-state index in [2.05, 4.69) is 5.32 Å². The van der Waals surface area contributed by atoms with Crippen molar-refractivity contribution in [2.24, 2.45) is 0 Å². The Morgan fingerprint density at radius 1 is 1.07 bits per heavy atom. The molecule has 2 aromatic carbocycles. The van der Waals surface area contributed by atoms with Gasteiger partial charge in [-0.2, -0.15) is 0 Å². The van der Waals surface area contributed by atoms with Gasteiger partial charge in [0, 0.05) is 25.5 Å². The summed E-state index contributed by atoms with van der Waals surface area (Å²) in [6.45, 7) is 4.23. The second-order valence-corrected chi connectivity index (χ2v) is 6.42. The molecule has 2 aromatic rings. The van der Waals surface area contributed by atoms with Gasteiger partial charge in [-0.25, -0.2) is 0 Å². The zero-order valence-electron chi connectivity index (χ0n) is 16.6. The second kappa shape index (κ2) is 10.3. The fourth-order valence-electron chi connectivity index (χ4n) is 2.92. The monoisotopic (exact) mass is 385 g/mol. The molecule has 2 rings (SSSR count). The molecule has 6 nitrogen and oxygen atoms in total. The van der Waals surface area contributed by atoms with Crippen molar-refractivity contribution >= 4 is 11.7 Å². The molecule has 0 aromatic heterocycles. The molecule has 0 aliphatic carbocycles. The normalized spacial score (nSPS) is 10.4. The molecule has 0 aliphatic rings. The van der Waals surface area contributed by atoms with Gasteiger partial charge < -0.3 is 19.9 Å². The number of carbonyl (C=O) groups is 2. The van der Waals surface area contributed by atoms with E-state index < -0.39 is 0 Å². The smallest absolute Gasteiger partial charge is 0.216 e.